The summed E-state index contributed by atoms with van der Waals surface area (Å²) in [5.74, 6) is 0.552. The van der Waals surface area contributed by atoms with Crippen molar-refractivity contribution in [2.45, 2.75) is 31.6 Å². The zero-order valence-electron chi connectivity index (χ0n) is 16.1. The summed E-state index contributed by atoms with van der Waals surface area (Å²) in [6, 6.07) is 6.74. The number of fused-ring (bicyclic) bond motifs is 1. The highest BCUT2D eigenvalue weighted by molar-refractivity contribution is 7.89. The monoisotopic (exact) mass is 416 g/mol. The van der Waals surface area contributed by atoms with Gasteiger partial charge in [0.1, 0.15) is 10.6 Å². The molecule has 0 saturated carbocycles. The molecule has 1 aromatic carbocycles. The minimum absolute atomic E-state index is 0.181. The molecule has 0 bridgehead atoms. The Morgan fingerprint density at radius 1 is 1.19 bits per heavy atom. The Morgan fingerprint density at radius 2 is 1.81 bits per heavy atom. The van der Waals surface area contributed by atoms with E-state index in [0.29, 0.717) is 51.4 Å². The molecule has 1 spiro atoms. The van der Waals surface area contributed by atoms with E-state index in [2.05, 4.69) is 0 Å². The summed E-state index contributed by atoms with van der Waals surface area (Å²) in [5.41, 5.74) is -0.392. The van der Waals surface area contributed by atoms with Crippen molar-refractivity contribution < 1.29 is 21.6 Å². The molecule has 2 heterocycles. The van der Waals surface area contributed by atoms with Crippen LogP contribution in [-0.2, 0) is 20.0 Å². The second-order valence-corrected chi connectivity index (χ2v) is 12.0. The zero-order chi connectivity index (χ0) is 19.9. The Bertz CT molecular complexity index is 888. The van der Waals surface area contributed by atoms with Gasteiger partial charge < -0.3 is 4.74 Å². The van der Waals surface area contributed by atoms with Crippen LogP contribution in [0.3, 0.4) is 0 Å². The molecule has 0 unspecified atom stereocenters. The van der Waals surface area contributed by atoms with Crippen molar-refractivity contribution in [2.75, 3.05) is 39.0 Å². The molecule has 9 heteroatoms. The standard InChI is InChI=1S/C18H28N2O5S2/c1-15(2)12-20-13-18(8-10-19(11-9-18)26(3,21)22)14-25-16-6-4-5-7-17(16)27(20,23)24/h4-7,15H,8-14H2,1-3H3. The number of nitrogens with zero attached hydrogens (tertiary/aromatic N) is 2. The van der Waals surface area contributed by atoms with Gasteiger partial charge in [0, 0.05) is 31.6 Å². The van der Waals surface area contributed by atoms with E-state index in [1.54, 1.807) is 28.6 Å². The second-order valence-electron chi connectivity index (χ2n) is 8.09. The molecule has 1 aromatic rings. The molecular weight excluding hydrogens is 388 g/mol. The minimum Gasteiger partial charge on any atom is -0.492 e. The smallest absolute Gasteiger partial charge is 0.246 e. The van der Waals surface area contributed by atoms with Crippen molar-refractivity contribution in [3.05, 3.63) is 24.3 Å². The Balaban J connectivity index is 1.96. The van der Waals surface area contributed by atoms with E-state index in [0.717, 1.165) is 0 Å². The van der Waals surface area contributed by atoms with Gasteiger partial charge in [0.15, 0.2) is 0 Å². The molecule has 2 aliphatic rings. The maximum absolute atomic E-state index is 13.3. The van der Waals surface area contributed by atoms with Gasteiger partial charge >= 0.3 is 0 Å². The molecule has 152 valence electrons. The third-order valence-corrected chi connectivity index (χ3v) is 8.49. The minimum atomic E-state index is -3.68. The highest BCUT2D eigenvalue weighted by Crippen LogP contribution is 2.39. The van der Waals surface area contributed by atoms with Crippen LogP contribution in [0.1, 0.15) is 26.7 Å². The summed E-state index contributed by atoms with van der Waals surface area (Å²) in [4.78, 5) is 0.203. The number of ether oxygens (including phenoxy) is 1. The van der Waals surface area contributed by atoms with Crippen LogP contribution in [-0.4, -0.2) is 64.5 Å². The van der Waals surface area contributed by atoms with Crippen molar-refractivity contribution in [1.29, 1.82) is 0 Å². The van der Waals surface area contributed by atoms with Gasteiger partial charge in [-0.3, -0.25) is 0 Å². The molecule has 7 nitrogen and oxygen atoms in total. The second kappa shape index (κ2) is 7.35. The lowest BCUT2D eigenvalue weighted by atomic mass is 9.79. The van der Waals surface area contributed by atoms with Gasteiger partial charge in [0.2, 0.25) is 20.0 Å². The lowest BCUT2D eigenvalue weighted by molar-refractivity contribution is 0.0550. The molecule has 27 heavy (non-hydrogen) atoms. The number of benzene rings is 1. The lowest BCUT2D eigenvalue weighted by Crippen LogP contribution is -2.52. The zero-order valence-corrected chi connectivity index (χ0v) is 17.7. The quantitative estimate of drug-likeness (QED) is 0.750. The average Bonchev–Trinajstić information content (AvgIpc) is 2.58. The first-order valence-electron chi connectivity index (χ1n) is 9.21. The Hall–Kier alpha value is -1.16. The number of sulfonamides is 2. The largest absolute Gasteiger partial charge is 0.492 e. The topological polar surface area (TPSA) is 84.0 Å². The first-order valence-corrected chi connectivity index (χ1v) is 12.5. The third-order valence-electron chi connectivity index (χ3n) is 5.33. The maximum Gasteiger partial charge on any atom is 0.246 e. The van der Waals surface area contributed by atoms with E-state index in [4.69, 9.17) is 4.74 Å². The van der Waals surface area contributed by atoms with Crippen LogP contribution in [0.2, 0.25) is 0 Å². The van der Waals surface area contributed by atoms with Crippen LogP contribution >= 0.6 is 0 Å². The number of para-hydroxylation sites is 1. The van der Waals surface area contributed by atoms with Gasteiger partial charge in [-0.15, -0.1) is 0 Å². The van der Waals surface area contributed by atoms with Gasteiger partial charge in [-0.2, -0.15) is 4.31 Å². The van der Waals surface area contributed by atoms with Gasteiger partial charge in [-0.25, -0.2) is 21.1 Å². The van der Waals surface area contributed by atoms with E-state index >= 15 is 0 Å². The van der Waals surface area contributed by atoms with Crippen molar-refractivity contribution in [1.82, 2.24) is 8.61 Å². The van der Waals surface area contributed by atoms with Crippen LogP contribution in [0.5, 0.6) is 5.75 Å². The Labute approximate surface area is 162 Å². The van der Waals surface area contributed by atoms with Gasteiger partial charge in [-0.1, -0.05) is 26.0 Å². The summed E-state index contributed by atoms with van der Waals surface area (Å²) >= 11 is 0. The van der Waals surface area contributed by atoms with E-state index in [-0.39, 0.29) is 10.8 Å². The van der Waals surface area contributed by atoms with Gasteiger partial charge in [0.05, 0.1) is 12.9 Å². The Morgan fingerprint density at radius 3 is 2.41 bits per heavy atom. The van der Waals surface area contributed by atoms with Crippen molar-refractivity contribution >= 4 is 20.0 Å². The van der Waals surface area contributed by atoms with E-state index in [9.17, 15) is 16.8 Å². The number of hydrogen-bond donors (Lipinski definition) is 0. The SMILES string of the molecule is CC(C)CN1CC2(CCN(S(C)(=O)=O)CC2)COc2ccccc2S1(=O)=O. The molecule has 0 N–H and O–H groups in total. The molecule has 2 aliphatic heterocycles. The highest BCUT2D eigenvalue weighted by Gasteiger charge is 2.44. The molecule has 0 aromatic heterocycles. The van der Waals surface area contributed by atoms with E-state index in [1.807, 2.05) is 13.8 Å². The van der Waals surface area contributed by atoms with Crippen LogP contribution < -0.4 is 4.74 Å². The molecular formula is C18H28N2O5S2. The van der Waals surface area contributed by atoms with Crippen molar-refractivity contribution in [3.63, 3.8) is 0 Å². The molecule has 0 radical (unpaired) electrons. The third kappa shape index (κ3) is 4.31. The molecule has 0 atom stereocenters. The summed E-state index contributed by atoms with van der Waals surface area (Å²) in [6.45, 7) is 5.92. The normalized spacial score (nSPS) is 23.4. The number of piperidine rings is 1. The van der Waals surface area contributed by atoms with E-state index in [1.165, 1.54) is 10.6 Å². The lowest BCUT2D eigenvalue weighted by Gasteiger charge is -2.44. The average molecular weight is 417 g/mol. The summed E-state index contributed by atoms with van der Waals surface area (Å²) in [5, 5.41) is 0. The Kier molecular flexibility index (Phi) is 5.60. The summed E-state index contributed by atoms with van der Waals surface area (Å²) in [6.07, 6.45) is 2.37. The summed E-state index contributed by atoms with van der Waals surface area (Å²) < 4.78 is 59.3. The fourth-order valence-corrected chi connectivity index (χ4v) is 6.52. The highest BCUT2D eigenvalue weighted by atomic mass is 32.2. The van der Waals surface area contributed by atoms with Crippen LogP contribution in [0.15, 0.2) is 29.2 Å². The first kappa shape index (κ1) is 20.6. The molecule has 0 aliphatic carbocycles. The fourth-order valence-electron chi connectivity index (χ4n) is 3.82. The van der Waals surface area contributed by atoms with Gasteiger partial charge in [0.25, 0.3) is 0 Å². The fraction of sp³-hybridized carbons (Fsp3) is 0.667. The molecule has 3 rings (SSSR count). The predicted molar refractivity (Wildman–Crippen MR) is 104 cm³/mol. The molecule has 0 amide bonds. The first-order chi connectivity index (χ1) is 12.5. The molecule has 1 saturated heterocycles. The number of rotatable bonds is 3. The molecule has 1 fully saturated rings. The van der Waals surface area contributed by atoms with Gasteiger partial charge in [-0.05, 0) is 30.9 Å². The summed E-state index contributed by atoms with van der Waals surface area (Å²) in [7, 11) is -6.92. The van der Waals surface area contributed by atoms with Crippen LogP contribution in [0.25, 0.3) is 0 Å². The van der Waals surface area contributed by atoms with Crippen molar-refractivity contribution in [2.24, 2.45) is 11.3 Å². The maximum atomic E-state index is 13.3. The van der Waals surface area contributed by atoms with E-state index < -0.39 is 25.5 Å². The predicted octanol–water partition coefficient (Wildman–Crippen LogP) is 1.77. The van der Waals surface area contributed by atoms with Crippen LogP contribution in [0, 0.1) is 11.3 Å². The number of hydrogen-bond acceptors (Lipinski definition) is 5. The van der Waals surface area contributed by atoms with Crippen molar-refractivity contribution in [3.8, 4) is 5.75 Å². The van der Waals surface area contributed by atoms with Crippen LogP contribution in [0.4, 0.5) is 0 Å².